The number of rotatable bonds is 7. The fourth-order valence-corrected chi connectivity index (χ4v) is 2.57. The van der Waals surface area contributed by atoms with E-state index in [1.54, 1.807) is 12.1 Å². The van der Waals surface area contributed by atoms with Crippen molar-refractivity contribution in [3.05, 3.63) is 71.2 Å². The minimum absolute atomic E-state index is 0.0130. The molecule has 0 N–H and O–H groups in total. The van der Waals surface area contributed by atoms with E-state index in [0.29, 0.717) is 17.8 Å². The maximum absolute atomic E-state index is 13.6. The Balaban J connectivity index is 1.79. The molecule has 0 radical (unpaired) electrons. The molecular weight excluding hydrogens is 339 g/mol. The zero-order chi connectivity index (χ0) is 18.5. The molecule has 3 rings (SSSR count). The van der Waals surface area contributed by atoms with E-state index in [1.807, 2.05) is 19.1 Å². The molecule has 1 heterocycles. The summed E-state index contributed by atoms with van der Waals surface area (Å²) in [6.07, 6.45) is 0. The van der Waals surface area contributed by atoms with Crippen LogP contribution in [0.3, 0.4) is 0 Å². The number of Topliss-reactive ketones (excluding diaryl/α,β-unsaturated/α-hetero) is 1. The van der Waals surface area contributed by atoms with Gasteiger partial charge in [0.2, 0.25) is 11.5 Å². The molecule has 26 heavy (non-hydrogen) atoms. The third-order valence-electron chi connectivity index (χ3n) is 3.84. The molecule has 0 aliphatic heterocycles. The van der Waals surface area contributed by atoms with E-state index < -0.39 is 24.2 Å². The van der Waals surface area contributed by atoms with Gasteiger partial charge in [-0.05, 0) is 25.1 Å². The van der Waals surface area contributed by atoms with Crippen molar-refractivity contribution >= 4 is 22.7 Å². The standard InChI is InChI=1S/C20H17FO5/c1-2-24-11-15-13-7-4-6-10-18(13)26-19(15)20(23)25-12-17(22)14-8-3-5-9-16(14)21/h3-10H,2,11-12H2,1H3. The third-order valence-corrected chi connectivity index (χ3v) is 3.84. The molecule has 0 saturated heterocycles. The number of furan rings is 1. The van der Waals surface area contributed by atoms with Crippen LogP contribution in [-0.4, -0.2) is 25.0 Å². The molecule has 134 valence electrons. The van der Waals surface area contributed by atoms with Crippen molar-refractivity contribution in [2.75, 3.05) is 13.2 Å². The van der Waals surface area contributed by atoms with E-state index >= 15 is 0 Å². The van der Waals surface area contributed by atoms with Gasteiger partial charge in [0, 0.05) is 17.6 Å². The van der Waals surface area contributed by atoms with Crippen molar-refractivity contribution < 1.29 is 27.9 Å². The highest BCUT2D eigenvalue weighted by atomic mass is 19.1. The molecule has 0 atom stereocenters. The number of ether oxygens (including phenoxy) is 2. The molecule has 2 aromatic carbocycles. The van der Waals surface area contributed by atoms with Crippen molar-refractivity contribution in [3.63, 3.8) is 0 Å². The second kappa shape index (κ2) is 7.93. The van der Waals surface area contributed by atoms with E-state index in [4.69, 9.17) is 13.9 Å². The second-order valence-corrected chi connectivity index (χ2v) is 5.52. The second-order valence-electron chi connectivity index (χ2n) is 5.52. The number of hydrogen-bond acceptors (Lipinski definition) is 5. The number of benzene rings is 2. The third kappa shape index (κ3) is 3.65. The zero-order valence-electron chi connectivity index (χ0n) is 14.2. The Hall–Kier alpha value is -2.99. The maximum atomic E-state index is 13.6. The summed E-state index contributed by atoms with van der Waals surface area (Å²) in [6.45, 7) is 1.91. The lowest BCUT2D eigenvalue weighted by molar-refractivity contribution is 0.0438. The molecule has 0 bridgehead atoms. The summed E-state index contributed by atoms with van der Waals surface area (Å²) >= 11 is 0. The van der Waals surface area contributed by atoms with Gasteiger partial charge in [-0.3, -0.25) is 4.79 Å². The predicted molar refractivity (Wildman–Crippen MR) is 92.6 cm³/mol. The van der Waals surface area contributed by atoms with Crippen LogP contribution in [0.4, 0.5) is 4.39 Å². The Bertz CT molecular complexity index is 944. The van der Waals surface area contributed by atoms with E-state index in [2.05, 4.69) is 0 Å². The molecule has 0 unspecified atom stereocenters. The van der Waals surface area contributed by atoms with Crippen molar-refractivity contribution in [2.24, 2.45) is 0 Å². The molecule has 0 spiro atoms. The number of fused-ring (bicyclic) bond motifs is 1. The number of carbonyl (C=O) groups excluding carboxylic acids is 2. The van der Waals surface area contributed by atoms with Crippen molar-refractivity contribution in [1.29, 1.82) is 0 Å². The highest BCUT2D eigenvalue weighted by molar-refractivity contribution is 6.00. The Morgan fingerprint density at radius 1 is 1.08 bits per heavy atom. The lowest BCUT2D eigenvalue weighted by atomic mass is 10.1. The van der Waals surface area contributed by atoms with Crippen LogP contribution in [-0.2, 0) is 16.1 Å². The van der Waals surface area contributed by atoms with Gasteiger partial charge < -0.3 is 13.9 Å². The molecular formula is C20H17FO5. The van der Waals surface area contributed by atoms with Crippen LogP contribution in [0.5, 0.6) is 0 Å². The van der Waals surface area contributed by atoms with Crippen LogP contribution >= 0.6 is 0 Å². The van der Waals surface area contributed by atoms with Crippen molar-refractivity contribution in [1.82, 2.24) is 0 Å². The van der Waals surface area contributed by atoms with Gasteiger partial charge in [0.05, 0.1) is 12.2 Å². The highest BCUT2D eigenvalue weighted by Crippen LogP contribution is 2.27. The van der Waals surface area contributed by atoms with Crippen LogP contribution in [0.25, 0.3) is 11.0 Å². The van der Waals surface area contributed by atoms with E-state index in [0.717, 1.165) is 5.39 Å². The van der Waals surface area contributed by atoms with E-state index in [-0.39, 0.29) is 17.9 Å². The average Bonchev–Trinajstić information content (AvgIpc) is 3.03. The first-order chi connectivity index (χ1) is 12.6. The number of hydrogen-bond donors (Lipinski definition) is 0. The summed E-state index contributed by atoms with van der Waals surface area (Å²) in [5, 5.41) is 0.744. The number of esters is 1. The number of carbonyl (C=O) groups is 2. The van der Waals surface area contributed by atoms with Crippen LogP contribution in [0.2, 0.25) is 0 Å². The zero-order valence-corrected chi connectivity index (χ0v) is 14.2. The molecule has 0 fully saturated rings. The van der Waals surface area contributed by atoms with Gasteiger partial charge in [-0.1, -0.05) is 30.3 Å². The summed E-state index contributed by atoms with van der Waals surface area (Å²) in [5.41, 5.74) is 0.958. The highest BCUT2D eigenvalue weighted by Gasteiger charge is 2.23. The lowest BCUT2D eigenvalue weighted by Gasteiger charge is -2.05. The lowest BCUT2D eigenvalue weighted by Crippen LogP contribution is -2.16. The molecule has 0 aliphatic carbocycles. The summed E-state index contributed by atoms with van der Waals surface area (Å²) in [6, 6.07) is 12.7. The first-order valence-electron chi connectivity index (χ1n) is 8.14. The smallest absolute Gasteiger partial charge is 0.375 e. The topological polar surface area (TPSA) is 65.7 Å². The maximum Gasteiger partial charge on any atom is 0.375 e. The normalized spacial score (nSPS) is 10.8. The van der Waals surface area contributed by atoms with Gasteiger partial charge in [-0.2, -0.15) is 0 Å². The van der Waals surface area contributed by atoms with Crippen molar-refractivity contribution in [3.8, 4) is 0 Å². The molecule has 0 saturated carbocycles. The first-order valence-corrected chi connectivity index (χ1v) is 8.14. The fourth-order valence-electron chi connectivity index (χ4n) is 2.57. The van der Waals surface area contributed by atoms with Crippen LogP contribution in [0.1, 0.15) is 33.4 Å². The summed E-state index contributed by atoms with van der Waals surface area (Å²) in [4.78, 5) is 24.5. The van der Waals surface area contributed by atoms with E-state index in [1.165, 1.54) is 24.3 Å². The molecule has 5 nitrogen and oxygen atoms in total. The van der Waals surface area contributed by atoms with Crippen LogP contribution in [0, 0.1) is 5.82 Å². The number of ketones is 1. The van der Waals surface area contributed by atoms with Gasteiger partial charge in [0.15, 0.2) is 6.61 Å². The van der Waals surface area contributed by atoms with Gasteiger partial charge >= 0.3 is 5.97 Å². The Kier molecular flexibility index (Phi) is 5.43. The molecule has 3 aromatic rings. The summed E-state index contributed by atoms with van der Waals surface area (Å²) in [7, 11) is 0. The molecule has 0 aliphatic rings. The van der Waals surface area contributed by atoms with Gasteiger partial charge in [-0.25, -0.2) is 9.18 Å². The monoisotopic (exact) mass is 356 g/mol. The van der Waals surface area contributed by atoms with E-state index in [9.17, 15) is 14.0 Å². The predicted octanol–water partition coefficient (Wildman–Crippen LogP) is 4.15. The summed E-state index contributed by atoms with van der Waals surface area (Å²) < 4.78 is 29.7. The molecule has 0 amide bonds. The summed E-state index contributed by atoms with van der Waals surface area (Å²) in [5.74, 6) is -2.09. The quantitative estimate of drug-likeness (QED) is 0.470. The van der Waals surface area contributed by atoms with Crippen LogP contribution in [0.15, 0.2) is 52.9 Å². The van der Waals surface area contributed by atoms with Crippen LogP contribution < -0.4 is 0 Å². The van der Waals surface area contributed by atoms with Gasteiger partial charge in [-0.15, -0.1) is 0 Å². The largest absolute Gasteiger partial charge is 0.451 e. The Morgan fingerprint density at radius 2 is 1.81 bits per heavy atom. The fraction of sp³-hybridized carbons (Fsp3) is 0.200. The molecule has 1 aromatic heterocycles. The van der Waals surface area contributed by atoms with Gasteiger partial charge in [0.25, 0.3) is 0 Å². The average molecular weight is 356 g/mol. The Labute approximate surface area is 149 Å². The number of para-hydroxylation sites is 1. The Morgan fingerprint density at radius 3 is 2.58 bits per heavy atom. The minimum Gasteiger partial charge on any atom is -0.451 e. The minimum atomic E-state index is -0.791. The number of halogens is 1. The molecule has 6 heteroatoms. The first kappa shape index (κ1) is 17.8. The van der Waals surface area contributed by atoms with Crippen molar-refractivity contribution in [2.45, 2.75) is 13.5 Å². The SMILES string of the molecule is CCOCc1c(C(=O)OCC(=O)c2ccccc2F)oc2ccccc12. The van der Waals surface area contributed by atoms with Gasteiger partial charge in [0.1, 0.15) is 11.4 Å².